The van der Waals surface area contributed by atoms with Crippen LogP contribution >= 0.6 is 0 Å². The Balaban J connectivity index is 1.29. The lowest BCUT2D eigenvalue weighted by Crippen LogP contribution is -2.47. The minimum Gasteiger partial charge on any atom is -0.292 e. The van der Waals surface area contributed by atoms with E-state index < -0.39 is 10.0 Å². The summed E-state index contributed by atoms with van der Waals surface area (Å²) in [6, 6.07) is 9.32. The molecule has 8 heteroatoms. The Morgan fingerprint density at radius 3 is 2.03 bits per heavy atom. The zero-order valence-corrected chi connectivity index (χ0v) is 18.4. The molecule has 0 N–H and O–H groups in total. The first-order valence-electron chi connectivity index (χ1n) is 10.9. The van der Waals surface area contributed by atoms with Crippen molar-refractivity contribution in [1.29, 1.82) is 0 Å². The lowest BCUT2D eigenvalue weighted by atomic mass is 9.79. The van der Waals surface area contributed by atoms with Gasteiger partial charge in [0.2, 0.25) is 21.8 Å². The molecule has 3 aliphatic rings. The number of rotatable bonds is 5. The van der Waals surface area contributed by atoms with Crippen molar-refractivity contribution < 1.29 is 18.0 Å². The highest BCUT2D eigenvalue weighted by Gasteiger charge is 2.43. The molecule has 164 valence electrons. The standard InChI is InChI=1S/C22H31N3O4S/c1-30(28,29)24-13-9-19(10-14-24)18-7-11-23(12-8-18)20-15-21(26)25(22(20)27)16-17-5-3-2-4-6-17/h2-6,18-20H,7-16H2,1H3/t20-/m1/s1. The fourth-order valence-corrected chi connectivity index (χ4v) is 6.14. The van der Waals surface area contributed by atoms with Crippen LogP contribution in [0.3, 0.4) is 0 Å². The molecule has 0 spiro atoms. The molecule has 1 aromatic carbocycles. The topological polar surface area (TPSA) is 78.0 Å². The van der Waals surface area contributed by atoms with E-state index in [1.807, 2.05) is 30.3 Å². The van der Waals surface area contributed by atoms with Gasteiger partial charge in [0.25, 0.3) is 0 Å². The molecular formula is C22H31N3O4S. The van der Waals surface area contributed by atoms with Crippen LogP contribution in [0.2, 0.25) is 0 Å². The fraction of sp³-hybridized carbons (Fsp3) is 0.636. The lowest BCUT2D eigenvalue weighted by Gasteiger charge is -2.40. The summed E-state index contributed by atoms with van der Waals surface area (Å²) in [4.78, 5) is 29.0. The number of imide groups is 1. The maximum Gasteiger partial charge on any atom is 0.247 e. The third-order valence-corrected chi connectivity index (χ3v) is 8.36. The van der Waals surface area contributed by atoms with E-state index in [0.29, 0.717) is 31.5 Å². The van der Waals surface area contributed by atoms with Gasteiger partial charge in [-0.1, -0.05) is 30.3 Å². The summed E-state index contributed by atoms with van der Waals surface area (Å²) in [5.74, 6) is 0.990. The highest BCUT2D eigenvalue weighted by atomic mass is 32.2. The SMILES string of the molecule is CS(=O)(=O)N1CCC(C2CCN([C@@H]3CC(=O)N(Cc4ccccc4)C3=O)CC2)CC1. The molecule has 1 atom stereocenters. The second kappa shape index (κ2) is 8.77. The van der Waals surface area contributed by atoms with Gasteiger partial charge in [-0.2, -0.15) is 0 Å². The molecule has 0 unspecified atom stereocenters. The van der Waals surface area contributed by atoms with E-state index in [-0.39, 0.29) is 24.3 Å². The first-order chi connectivity index (χ1) is 14.3. The van der Waals surface area contributed by atoms with Crippen molar-refractivity contribution in [3.8, 4) is 0 Å². The van der Waals surface area contributed by atoms with Crippen LogP contribution in [0.4, 0.5) is 0 Å². The predicted octanol–water partition coefficient (Wildman–Crippen LogP) is 1.70. The Morgan fingerprint density at radius 2 is 1.47 bits per heavy atom. The normalized spacial score (nSPS) is 25.9. The van der Waals surface area contributed by atoms with Gasteiger partial charge in [0.1, 0.15) is 0 Å². The quantitative estimate of drug-likeness (QED) is 0.661. The zero-order valence-electron chi connectivity index (χ0n) is 17.6. The molecule has 0 radical (unpaired) electrons. The molecule has 2 amide bonds. The Kier molecular flexibility index (Phi) is 6.27. The van der Waals surface area contributed by atoms with Gasteiger partial charge in [0, 0.05) is 13.1 Å². The minimum atomic E-state index is -3.09. The average Bonchev–Trinajstić information content (AvgIpc) is 3.02. The molecule has 3 heterocycles. The molecule has 3 saturated heterocycles. The highest BCUT2D eigenvalue weighted by Crippen LogP contribution is 2.34. The molecule has 0 aromatic heterocycles. The van der Waals surface area contributed by atoms with Crippen LogP contribution in [0.15, 0.2) is 30.3 Å². The van der Waals surface area contributed by atoms with Gasteiger partial charge in [-0.05, 0) is 56.2 Å². The number of sulfonamides is 1. The zero-order chi connectivity index (χ0) is 21.3. The van der Waals surface area contributed by atoms with Crippen LogP contribution in [0, 0.1) is 11.8 Å². The summed E-state index contributed by atoms with van der Waals surface area (Å²) in [5.41, 5.74) is 0.971. The minimum absolute atomic E-state index is 0.0660. The number of carbonyl (C=O) groups is 2. The Hall–Kier alpha value is -1.77. The second-order valence-electron chi connectivity index (χ2n) is 8.90. The van der Waals surface area contributed by atoms with E-state index in [4.69, 9.17) is 0 Å². The van der Waals surface area contributed by atoms with E-state index in [9.17, 15) is 18.0 Å². The second-order valence-corrected chi connectivity index (χ2v) is 10.9. The average molecular weight is 434 g/mol. The Bertz CT molecular complexity index is 873. The molecule has 1 aromatic rings. The van der Waals surface area contributed by atoms with E-state index >= 15 is 0 Å². The molecule has 3 fully saturated rings. The molecule has 0 saturated carbocycles. The number of likely N-dealkylation sites (tertiary alicyclic amines) is 2. The molecule has 0 bridgehead atoms. The Morgan fingerprint density at radius 1 is 0.900 bits per heavy atom. The van der Waals surface area contributed by atoms with E-state index in [0.717, 1.165) is 44.3 Å². The van der Waals surface area contributed by atoms with Gasteiger partial charge in [-0.25, -0.2) is 12.7 Å². The van der Waals surface area contributed by atoms with Gasteiger partial charge < -0.3 is 0 Å². The van der Waals surface area contributed by atoms with Gasteiger partial charge in [-0.15, -0.1) is 0 Å². The van der Waals surface area contributed by atoms with Crippen LogP contribution in [0.5, 0.6) is 0 Å². The molecule has 30 heavy (non-hydrogen) atoms. The van der Waals surface area contributed by atoms with Crippen LogP contribution < -0.4 is 0 Å². The van der Waals surface area contributed by atoms with Gasteiger partial charge in [0.05, 0.1) is 25.3 Å². The van der Waals surface area contributed by atoms with Crippen LogP contribution in [0.25, 0.3) is 0 Å². The lowest BCUT2D eigenvalue weighted by molar-refractivity contribution is -0.140. The molecular weight excluding hydrogens is 402 g/mol. The van der Waals surface area contributed by atoms with Crippen molar-refractivity contribution >= 4 is 21.8 Å². The number of piperidine rings is 2. The van der Waals surface area contributed by atoms with Gasteiger partial charge >= 0.3 is 0 Å². The number of benzene rings is 1. The summed E-state index contributed by atoms with van der Waals surface area (Å²) in [6.45, 7) is 3.26. The summed E-state index contributed by atoms with van der Waals surface area (Å²) in [5, 5.41) is 0. The first kappa shape index (κ1) is 21.5. The van der Waals surface area contributed by atoms with Crippen molar-refractivity contribution in [1.82, 2.24) is 14.1 Å². The van der Waals surface area contributed by atoms with Crippen molar-refractivity contribution in [2.75, 3.05) is 32.4 Å². The summed E-state index contributed by atoms with van der Waals surface area (Å²) in [7, 11) is -3.09. The third-order valence-electron chi connectivity index (χ3n) is 7.05. The van der Waals surface area contributed by atoms with Crippen LogP contribution in [0.1, 0.15) is 37.7 Å². The van der Waals surface area contributed by atoms with Crippen LogP contribution in [-0.2, 0) is 26.2 Å². The highest BCUT2D eigenvalue weighted by molar-refractivity contribution is 7.88. The maximum absolute atomic E-state index is 12.9. The monoisotopic (exact) mass is 433 g/mol. The van der Waals surface area contributed by atoms with E-state index in [2.05, 4.69) is 4.90 Å². The van der Waals surface area contributed by atoms with Crippen molar-refractivity contribution in [3.05, 3.63) is 35.9 Å². The smallest absolute Gasteiger partial charge is 0.247 e. The van der Waals surface area contributed by atoms with Crippen LogP contribution in [-0.4, -0.2) is 72.8 Å². The number of amides is 2. The largest absolute Gasteiger partial charge is 0.292 e. The van der Waals surface area contributed by atoms with Crippen molar-refractivity contribution in [2.24, 2.45) is 11.8 Å². The fourth-order valence-electron chi connectivity index (χ4n) is 5.26. The first-order valence-corrected chi connectivity index (χ1v) is 12.7. The van der Waals surface area contributed by atoms with Crippen molar-refractivity contribution in [2.45, 2.75) is 44.7 Å². The van der Waals surface area contributed by atoms with Gasteiger partial charge in [0.15, 0.2) is 0 Å². The maximum atomic E-state index is 12.9. The number of hydrogen-bond donors (Lipinski definition) is 0. The van der Waals surface area contributed by atoms with E-state index in [1.54, 1.807) is 4.31 Å². The number of carbonyl (C=O) groups excluding carboxylic acids is 2. The van der Waals surface area contributed by atoms with E-state index in [1.165, 1.54) is 11.2 Å². The number of hydrogen-bond acceptors (Lipinski definition) is 5. The summed E-state index contributed by atoms with van der Waals surface area (Å²) >= 11 is 0. The molecule has 7 nitrogen and oxygen atoms in total. The molecule has 4 rings (SSSR count). The molecule has 0 aliphatic carbocycles. The van der Waals surface area contributed by atoms with Crippen molar-refractivity contribution in [3.63, 3.8) is 0 Å². The van der Waals surface area contributed by atoms with Gasteiger partial charge in [-0.3, -0.25) is 19.4 Å². The third kappa shape index (κ3) is 4.60. The molecule has 3 aliphatic heterocycles. The Labute approximate surface area is 179 Å². The predicted molar refractivity (Wildman–Crippen MR) is 114 cm³/mol. The summed E-state index contributed by atoms with van der Waals surface area (Å²) in [6.07, 6.45) is 5.43. The summed E-state index contributed by atoms with van der Waals surface area (Å²) < 4.78 is 25.0. The number of nitrogens with zero attached hydrogens (tertiary/aromatic N) is 3.